The van der Waals surface area contributed by atoms with Gasteiger partial charge >= 0.3 is 5.97 Å². The quantitative estimate of drug-likeness (QED) is 0.768. The molecule has 6 nitrogen and oxygen atoms in total. The van der Waals surface area contributed by atoms with E-state index in [1.165, 1.54) is 11.3 Å². The molecule has 1 N–H and O–H groups in total. The van der Waals surface area contributed by atoms with Crippen molar-refractivity contribution in [1.82, 2.24) is 0 Å². The van der Waals surface area contributed by atoms with Crippen LogP contribution >= 0.6 is 11.3 Å². The molecule has 0 spiro atoms. The highest BCUT2D eigenvalue weighted by molar-refractivity contribution is 7.16. The molecule has 2 heterocycles. The molecule has 24 heavy (non-hydrogen) atoms. The Labute approximate surface area is 144 Å². The van der Waals surface area contributed by atoms with Crippen molar-refractivity contribution in [3.8, 4) is 0 Å². The number of furan rings is 1. The lowest BCUT2D eigenvalue weighted by atomic mass is 10.1. The van der Waals surface area contributed by atoms with Gasteiger partial charge in [0.2, 0.25) is 0 Å². The van der Waals surface area contributed by atoms with Gasteiger partial charge in [-0.3, -0.25) is 4.79 Å². The number of hydrogen-bond donors (Lipinski definition) is 1. The van der Waals surface area contributed by atoms with E-state index < -0.39 is 11.9 Å². The van der Waals surface area contributed by atoms with Crippen LogP contribution in [0.1, 0.15) is 51.0 Å². The van der Waals surface area contributed by atoms with E-state index in [0.29, 0.717) is 29.4 Å². The number of amides is 1. The molecule has 0 radical (unpaired) electrons. The van der Waals surface area contributed by atoms with Crippen LogP contribution in [0.5, 0.6) is 0 Å². The smallest absolute Gasteiger partial charge is 0.341 e. The second-order valence-corrected chi connectivity index (χ2v) is 6.29. The minimum atomic E-state index is -0.423. The number of hydrogen-bond acceptors (Lipinski definition) is 6. The van der Waals surface area contributed by atoms with Crippen molar-refractivity contribution in [2.75, 3.05) is 19.0 Å². The number of rotatable bonds is 7. The Hall–Kier alpha value is -2.12. The molecule has 0 aromatic carbocycles. The van der Waals surface area contributed by atoms with E-state index in [9.17, 15) is 9.59 Å². The minimum Gasteiger partial charge on any atom is -0.462 e. The summed E-state index contributed by atoms with van der Waals surface area (Å²) in [6.45, 7) is 6.21. The van der Waals surface area contributed by atoms with Gasteiger partial charge in [-0.1, -0.05) is 6.92 Å². The summed E-state index contributed by atoms with van der Waals surface area (Å²) in [5, 5.41) is 3.25. The van der Waals surface area contributed by atoms with E-state index in [1.54, 1.807) is 26.2 Å². The summed E-state index contributed by atoms with van der Waals surface area (Å²) in [6.07, 6.45) is 0.686. The predicted octanol–water partition coefficient (Wildman–Crippen LogP) is 3.79. The summed E-state index contributed by atoms with van der Waals surface area (Å²) < 4.78 is 15.5. The average molecular weight is 351 g/mol. The molecule has 1 amide bonds. The van der Waals surface area contributed by atoms with Crippen molar-refractivity contribution in [2.24, 2.45) is 0 Å². The lowest BCUT2D eigenvalue weighted by molar-refractivity contribution is 0.0527. The van der Waals surface area contributed by atoms with Gasteiger partial charge in [0.15, 0.2) is 5.76 Å². The summed E-state index contributed by atoms with van der Waals surface area (Å²) >= 11 is 1.36. The number of methoxy groups -OCH3 is 1. The van der Waals surface area contributed by atoms with E-state index in [-0.39, 0.29) is 12.4 Å². The first kappa shape index (κ1) is 18.2. The van der Waals surface area contributed by atoms with Crippen LogP contribution < -0.4 is 5.32 Å². The second-order valence-electron chi connectivity index (χ2n) is 5.07. The molecule has 0 unspecified atom stereocenters. The molecular weight excluding hydrogens is 330 g/mol. The SMILES string of the molecule is CCOC(=O)c1c(NC(=O)c2ccc(COC)o2)sc(C)c1CC. The maximum atomic E-state index is 12.4. The molecule has 130 valence electrons. The van der Waals surface area contributed by atoms with Crippen LogP contribution in [0, 0.1) is 6.92 Å². The zero-order valence-corrected chi connectivity index (χ0v) is 15.0. The van der Waals surface area contributed by atoms with E-state index in [4.69, 9.17) is 13.9 Å². The van der Waals surface area contributed by atoms with Gasteiger partial charge < -0.3 is 19.2 Å². The molecular formula is C17H21NO5S. The molecule has 0 aliphatic carbocycles. The van der Waals surface area contributed by atoms with Gasteiger partial charge in [-0.15, -0.1) is 11.3 Å². The Kier molecular flexibility index (Phi) is 6.16. The highest BCUT2D eigenvalue weighted by atomic mass is 32.1. The van der Waals surface area contributed by atoms with Crippen LogP contribution in [0.25, 0.3) is 0 Å². The van der Waals surface area contributed by atoms with Crippen molar-refractivity contribution in [1.29, 1.82) is 0 Å². The summed E-state index contributed by atoms with van der Waals surface area (Å²) in [4.78, 5) is 25.6. The van der Waals surface area contributed by atoms with Crippen molar-refractivity contribution in [3.05, 3.63) is 39.7 Å². The summed E-state index contributed by atoms with van der Waals surface area (Å²) in [6, 6.07) is 3.26. The first-order chi connectivity index (χ1) is 11.5. The summed E-state index contributed by atoms with van der Waals surface area (Å²) in [5.41, 5.74) is 1.33. The van der Waals surface area contributed by atoms with Gasteiger partial charge in [-0.2, -0.15) is 0 Å². The third-order valence-electron chi connectivity index (χ3n) is 3.44. The topological polar surface area (TPSA) is 77.8 Å². The van der Waals surface area contributed by atoms with Gasteiger partial charge in [0.25, 0.3) is 5.91 Å². The predicted molar refractivity (Wildman–Crippen MR) is 91.8 cm³/mol. The first-order valence-electron chi connectivity index (χ1n) is 7.70. The number of aryl methyl sites for hydroxylation is 1. The third kappa shape index (κ3) is 3.85. The fraction of sp³-hybridized carbons (Fsp3) is 0.412. The van der Waals surface area contributed by atoms with Crippen molar-refractivity contribution in [3.63, 3.8) is 0 Å². The number of carbonyl (C=O) groups excluding carboxylic acids is 2. The van der Waals surface area contributed by atoms with E-state index >= 15 is 0 Å². The van der Waals surface area contributed by atoms with Gasteiger partial charge in [0.1, 0.15) is 17.4 Å². The Morgan fingerprint density at radius 2 is 2.04 bits per heavy atom. The van der Waals surface area contributed by atoms with Crippen LogP contribution in [-0.4, -0.2) is 25.6 Å². The molecule has 2 aromatic rings. The average Bonchev–Trinajstić information content (AvgIpc) is 3.12. The van der Waals surface area contributed by atoms with Gasteiger partial charge in [0.05, 0.1) is 12.2 Å². The Morgan fingerprint density at radius 1 is 1.29 bits per heavy atom. The van der Waals surface area contributed by atoms with Gasteiger partial charge in [-0.25, -0.2) is 4.79 Å². The Bertz CT molecular complexity index is 731. The highest BCUT2D eigenvalue weighted by Gasteiger charge is 2.24. The Balaban J connectivity index is 2.27. The molecule has 2 aromatic heterocycles. The van der Waals surface area contributed by atoms with E-state index in [0.717, 1.165) is 10.4 Å². The maximum Gasteiger partial charge on any atom is 0.341 e. The van der Waals surface area contributed by atoms with Crippen LogP contribution in [-0.2, 0) is 22.5 Å². The molecule has 0 aliphatic heterocycles. The maximum absolute atomic E-state index is 12.4. The molecule has 0 saturated heterocycles. The van der Waals surface area contributed by atoms with Crippen LogP contribution in [0.4, 0.5) is 5.00 Å². The fourth-order valence-corrected chi connectivity index (χ4v) is 3.52. The number of esters is 1. The lowest BCUT2D eigenvalue weighted by Gasteiger charge is -2.07. The molecule has 0 atom stereocenters. The summed E-state index contributed by atoms with van der Waals surface area (Å²) in [5.74, 6) is -0.105. The fourth-order valence-electron chi connectivity index (χ4n) is 2.40. The van der Waals surface area contributed by atoms with E-state index in [1.807, 2.05) is 13.8 Å². The molecule has 7 heteroatoms. The normalized spacial score (nSPS) is 10.7. The number of ether oxygens (including phenoxy) is 2. The van der Waals surface area contributed by atoms with Crippen LogP contribution in [0.15, 0.2) is 16.5 Å². The Morgan fingerprint density at radius 3 is 2.67 bits per heavy atom. The lowest BCUT2D eigenvalue weighted by Crippen LogP contribution is -2.14. The molecule has 0 saturated carbocycles. The second kappa shape index (κ2) is 8.12. The number of carbonyl (C=O) groups is 2. The highest BCUT2D eigenvalue weighted by Crippen LogP contribution is 2.34. The van der Waals surface area contributed by atoms with E-state index in [2.05, 4.69) is 5.32 Å². The molecule has 0 bridgehead atoms. The van der Waals surface area contributed by atoms with Crippen LogP contribution in [0.2, 0.25) is 0 Å². The first-order valence-corrected chi connectivity index (χ1v) is 8.51. The van der Waals surface area contributed by atoms with Crippen molar-refractivity contribution >= 4 is 28.2 Å². The largest absolute Gasteiger partial charge is 0.462 e. The molecule has 2 rings (SSSR count). The third-order valence-corrected chi connectivity index (χ3v) is 4.50. The number of thiophene rings is 1. The van der Waals surface area contributed by atoms with Gasteiger partial charge in [-0.05, 0) is 38.0 Å². The van der Waals surface area contributed by atoms with Crippen LogP contribution in [0.3, 0.4) is 0 Å². The molecule has 0 fully saturated rings. The minimum absolute atomic E-state index is 0.168. The standard InChI is InChI=1S/C17H21NO5S/c1-5-12-10(3)24-16(14(12)17(20)22-6-2)18-15(19)13-8-7-11(23-13)9-21-4/h7-8H,5-6,9H2,1-4H3,(H,18,19). The monoisotopic (exact) mass is 351 g/mol. The molecule has 0 aliphatic rings. The van der Waals surface area contributed by atoms with Crippen molar-refractivity contribution in [2.45, 2.75) is 33.8 Å². The summed E-state index contributed by atoms with van der Waals surface area (Å²) in [7, 11) is 1.55. The van der Waals surface area contributed by atoms with Crippen molar-refractivity contribution < 1.29 is 23.5 Å². The number of anilines is 1. The van der Waals surface area contributed by atoms with Gasteiger partial charge in [0, 0.05) is 12.0 Å². The zero-order valence-electron chi connectivity index (χ0n) is 14.2. The zero-order chi connectivity index (χ0) is 17.7. The number of nitrogens with one attached hydrogen (secondary N) is 1.